The van der Waals surface area contributed by atoms with Crippen molar-refractivity contribution >= 4 is 33.3 Å². The number of rotatable bonds is 8. The number of aromatic nitrogens is 1. The Kier molecular flexibility index (Phi) is 6.51. The average Bonchev–Trinajstić information content (AvgIpc) is 2.78. The summed E-state index contributed by atoms with van der Waals surface area (Å²) in [6.45, 7) is -0.837. The molecule has 0 saturated carbocycles. The second-order valence-electron chi connectivity index (χ2n) is 6.29. The maximum atomic E-state index is 13.3. The van der Waals surface area contributed by atoms with Crippen molar-refractivity contribution in [1.29, 1.82) is 0 Å². The molecule has 0 unspecified atom stereocenters. The number of hydrogen-bond acceptors (Lipinski definition) is 6. The molecule has 0 aliphatic rings. The number of carboxylic acids is 1. The standard InChI is InChI=1S/C21H19N3O6S/c1-30-16-6-8-17(9-7-16)31(28,29)24(14-20(25)26)19-5-3-2-4-18(19)23-21(27)15-10-12-22-13-11-15/h2-13H,14H2,1H3,(H,23,27)(H,25,26). The highest BCUT2D eigenvalue weighted by Crippen LogP contribution is 2.31. The Morgan fingerprint density at radius 1 is 1.03 bits per heavy atom. The summed E-state index contributed by atoms with van der Waals surface area (Å²) in [5.41, 5.74) is 0.471. The number of hydrogen-bond donors (Lipinski definition) is 2. The number of carbonyl (C=O) groups excluding carboxylic acids is 1. The van der Waals surface area contributed by atoms with E-state index in [-0.39, 0.29) is 16.3 Å². The molecule has 0 fully saturated rings. The zero-order chi connectivity index (χ0) is 22.4. The van der Waals surface area contributed by atoms with Crippen LogP contribution in [0, 0.1) is 0 Å². The van der Waals surface area contributed by atoms with Crippen molar-refractivity contribution in [3.8, 4) is 5.75 Å². The minimum Gasteiger partial charge on any atom is -0.497 e. The molecule has 10 heteroatoms. The van der Waals surface area contributed by atoms with Crippen molar-refractivity contribution in [2.75, 3.05) is 23.3 Å². The highest BCUT2D eigenvalue weighted by Gasteiger charge is 2.29. The molecule has 0 atom stereocenters. The molecule has 0 aliphatic heterocycles. The van der Waals surface area contributed by atoms with Crippen LogP contribution in [0.2, 0.25) is 0 Å². The van der Waals surface area contributed by atoms with Gasteiger partial charge in [0.1, 0.15) is 12.3 Å². The van der Waals surface area contributed by atoms with Crippen molar-refractivity contribution in [2.24, 2.45) is 0 Å². The van der Waals surface area contributed by atoms with E-state index in [4.69, 9.17) is 4.74 Å². The number of para-hydroxylation sites is 2. The van der Waals surface area contributed by atoms with Crippen molar-refractivity contribution in [2.45, 2.75) is 4.90 Å². The molecule has 160 valence electrons. The van der Waals surface area contributed by atoms with Crippen molar-refractivity contribution in [1.82, 2.24) is 4.98 Å². The number of aliphatic carboxylic acids is 1. The Balaban J connectivity index is 2.03. The van der Waals surface area contributed by atoms with Gasteiger partial charge in [-0.2, -0.15) is 0 Å². The molecule has 0 bridgehead atoms. The first-order chi connectivity index (χ1) is 14.8. The van der Waals surface area contributed by atoms with Gasteiger partial charge in [0.05, 0.1) is 23.4 Å². The first-order valence-corrected chi connectivity index (χ1v) is 10.5. The molecule has 2 N–H and O–H groups in total. The first kappa shape index (κ1) is 21.8. The van der Waals surface area contributed by atoms with Gasteiger partial charge in [-0.15, -0.1) is 0 Å². The lowest BCUT2D eigenvalue weighted by atomic mass is 10.2. The fraction of sp³-hybridized carbons (Fsp3) is 0.0952. The molecule has 1 amide bonds. The van der Waals surface area contributed by atoms with Gasteiger partial charge in [-0.05, 0) is 48.5 Å². The minimum absolute atomic E-state index is 0.0168. The van der Waals surface area contributed by atoms with Crippen molar-refractivity contribution < 1.29 is 27.9 Å². The van der Waals surface area contributed by atoms with Gasteiger partial charge in [0.15, 0.2) is 0 Å². The second kappa shape index (κ2) is 9.26. The summed E-state index contributed by atoms with van der Waals surface area (Å²) in [4.78, 5) is 27.8. The number of carboxylic acid groups (broad SMARTS) is 1. The first-order valence-electron chi connectivity index (χ1n) is 9.02. The van der Waals surface area contributed by atoms with E-state index in [0.29, 0.717) is 11.3 Å². The van der Waals surface area contributed by atoms with Gasteiger partial charge >= 0.3 is 5.97 Å². The number of sulfonamides is 1. The number of methoxy groups -OCH3 is 1. The SMILES string of the molecule is COc1ccc(S(=O)(=O)N(CC(=O)O)c2ccccc2NC(=O)c2ccncc2)cc1. The van der Waals surface area contributed by atoms with E-state index in [1.54, 1.807) is 12.1 Å². The number of benzene rings is 2. The lowest BCUT2D eigenvalue weighted by Gasteiger charge is -2.25. The van der Waals surface area contributed by atoms with Gasteiger partial charge in [-0.1, -0.05) is 12.1 Å². The number of nitrogens with one attached hydrogen (secondary N) is 1. The lowest BCUT2D eigenvalue weighted by molar-refractivity contribution is -0.135. The van der Waals surface area contributed by atoms with Crippen LogP contribution >= 0.6 is 0 Å². The number of anilines is 2. The average molecular weight is 441 g/mol. The number of ether oxygens (including phenoxy) is 1. The molecule has 0 spiro atoms. The summed E-state index contributed by atoms with van der Waals surface area (Å²) in [6.07, 6.45) is 2.90. The van der Waals surface area contributed by atoms with Gasteiger partial charge < -0.3 is 15.2 Å². The van der Waals surface area contributed by atoms with E-state index in [0.717, 1.165) is 4.31 Å². The molecule has 9 nitrogen and oxygen atoms in total. The summed E-state index contributed by atoms with van der Waals surface area (Å²) in [5.74, 6) is -1.40. The number of carbonyl (C=O) groups is 2. The summed E-state index contributed by atoms with van der Waals surface area (Å²) < 4.78 is 32.3. The monoisotopic (exact) mass is 441 g/mol. The normalized spacial score (nSPS) is 10.9. The van der Waals surface area contributed by atoms with Crippen LogP contribution in [0.15, 0.2) is 78.0 Å². The van der Waals surface area contributed by atoms with Gasteiger partial charge in [0, 0.05) is 18.0 Å². The maximum absolute atomic E-state index is 13.3. The fourth-order valence-corrected chi connectivity index (χ4v) is 4.23. The van der Waals surface area contributed by atoms with E-state index in [2.05, 4.69) is 10.3 Å². The number of pyridine rings is 1. The molecule has 0 saturated heterocycles. The topological polar surface area (TPSA) is 126 Å². The van der Waals surface area contributed by atoms with Crippen LogP contribution < -0.4 is 14.4 Å². The Hall–Kier alpha value is -3.92. The van der Waals surface area contributed by atoms with Crippen LogP contribution in [-0.2, 0) is 14.8 Å². The van der Waals surface area contributed by atoms with Crippen LogP contribution in [0.1, 0.15) is 10.4 Å². The minimum atomic E-state index is -4.26. The largest absolute Gasteiger partial charge is 0.497 e. The van der Waals surface area contributed by atoms with Crippen LogP contribution in [0.5, 0.6) is 5.75 Å². The van der Waals surface area contributed by atoms with Gasteiger partial charge in [-0.3, -0.25) is 18.9 Å². The summed E-state index contributed by atoms with van der Waals surface area (Å²) >= 11 is 0. The molecule has 31 heavy (non-hydrogen) atoms. The maximum Gasteiger partial charge on any atom is 0.324 e. The van der Waals surface area contributed by atoms with Crippen molar-refractivity contribution in [3.63, 3.8) is 0 Å². The summed E-state index contributed by atoms with van der Waals surface area (Å²) in [5, 5.41) is 12.0. The number of nitrogens with zero attached hydrogens (tertiary/aromatic N) is 2. The third-order valence-corrected chi connectivity index (χ3v) is 6.06. The van der Waals surface area contributed by atoms with Crippen molar-refractivity contribution in [3.05, 3.63) is 78.6 Å². The van der Waals surface area contributed by atoms with E-state index in [1.807, 2.05) is 0 Å². The zero-order valence-electron chi connectivity index (χ0n) is 16.4. The Bertz CT molecular complexity index is 1180. The van der Waals surface area contributed by atoms with Crippen LogP contribution in [0.25, 0.3) is 0 Å². The summed E-state index contributed by atoms with van der Waals surface area (Å²) in [7, 11) is -2.82. The Morgan fingerprint density at radius 3 is 2.29 bits per heavy atom. The molecule has 0 radical (unpaired) electrons. The smallest absolute Gasteiger partial charge is 0.324 e. The van der Waals surface area contributed by atoms with E-state index >= 15 is 0 Å². The third-order valence-electron chi connectivity index (χ3n) is 4.29. The molecule has 0 aliphatic carbocycles. The van der Waals surface area contributed by atoms with Gasteiger partial charge in [0.2, 0.25) is 0 Å². The molecule has 1 heterocycles. The van der Waals surface area contributed by atoms with E-state index < -0.39 is 28.4 Å². The third kappa shape index (κ3) is 4.98. The predicted molar refractivity (Wildman–Crippen MR) is 114 cm³/mol. The highest BCUT2D eigenvalue weighted by atomic mass is 32.2. The summed E-state index contributed by atoms with van der Waals surface area (Å²) in [6, 6.07) is 14.6. The zero-order valence-corrected chi connectivity index (χ0v) is 17.2. The quantitative estimate of drug-likeness (QED) is 0.550. The Labute approximate surface area is 179 Å². The fourth-order valence-electron chi connectivity index (χ4n) is 2.79. The molecule has 3 rings (SSSR count). The highest BCUT2D eigenvalue weighted by molar-refractivity contribution is 7.92. The number of amides is 1. The van der Waals surface area contributed by atoms with Gasteiger partial charge in [-0.25, -0.2) is 8.42 Å². The van der Waals surface area contributed by atoms with E-state index in [1.165, 1.54) is 68.0 Å². The Morgan fingerprint density at radius 2 is 1.68 bits per heavy atom. The molecular formula is C21H19N3O6S. The molecule has 3 aromatic rings. The van der Waals surface area contributed by atoms with Crippen LogP contribution in [-0.4, -0.2) is 44.0 Å². The lowest BCUT2D eigenvalue weighted by Crippen LogP contribution is -2.36. The predicted octanol–water partition coefficient (Wildman–Crippen LogP) is 2.62. The molecular weight excluding hydrogens is 422 g/mol. The van der Waals surface area contributed by atoms with Crippen LogP contribution in [0.4, 0.5) is 11.4 Å². The van der Waals surface area contributed by atoms with Crippen LogP contribution in [0.3, 0.4) is 0 Å². The molecule has 1 aromatic heterocycles. The van der Waals surface area contributed by atoms with E-state index in [9.17, 15) is 23.1 Å². The molecule has 2 aromatic carbocycles. The second-order valence-corrected chi connectivity index (χ2v) is 8.15. The van der Waals surface area contributed by atoms with Gasteiger partial charge in [0.25, 0.3) is 15.9 Å².